The first-order chi connectivity index (χ1) is 7.33. The number of hydrogen-bond donors (Lipinski definition) is 1. The van der Waals surface area contributed by atoms with Crippen molar-refractivity contribution in [2.45, 2.75) is 46.0 Å². The van der Waals surface area contributed by atoms with Crippen LogP contribution in [0.3, 0.4) is 0 Å². The minimum Gasteiger partial charge on any atom is -0.330 e. The molecule has 1 heteroatoms. The molecule has 0 fully saturated rings. The van der Waals surface area contributed by atoms with Crippen LogP contribution >= 0.6 is 0 Å². The second-order valence-corrected chi connectivity index (χ2v) is 4.09. The molecule has 0 heterocycles. The van der Waals surface area contributed by atoms with Crippen LogP contribution < -0.4 is 5.73 Å². The van der Waals surface area contributed by atoms with Gasteiger partial charge >= 0.3 is 0 Å². The third kappa shape index (κ3) is 3.35. The Morgan fingerprint density at radius 2 is 1.47 bits per heavy atom. The number of rotatable bonds is 6. The van der Waals surface area contributed by atoms with E-state index in [1.807, 2.05) is 0 Å². The van der Waals surface area contributed by atoms with Crippen molar-refractivity contribution < 1.29 is 0 Å². The summed E-state index contributed by atoms with van der Waals surface area (Å²) in [4.78, 5) is 0. The fraction of sp³-hybridized carbons (Fsp3) is 0.571. The number of nitrogens with two attached hydrogens (primary N) is 1. The van der Waals surface area contributed by atoms with E-state index < -0.39 is 0 Å². The predicted molar refractivity (Wildman–Crippen MR) is 67.2 cm³/mol. The first-order valence-electron chi connectivity index (χ1n) is 6.13. The average molecular weight is 205 g/mol. The van der Waals surface area contributed by atoms with E-state index in [-0.39, 0.29) is 0 Å². The zero-order chi connectivity index (χ0) is 11.1. The van der Waals surface area contributed by atoms with Gasteiger partial charge in [0.1, 0.15) is 0 Å². The molecule has 0 unspecified atom stereocenters. The SMILES string of the molecule is CCCc1cccc(CCC)c1CCN. The highest BCUT2D eigenvalue weighted by Crippen LogP contribution is 2.18. The zero-order valence-corrected chi connectivity index (χ0v) is 10.1. The highest BCUT2D eigenvalue weighted by molar-refractivity contribution is 5.36. The number of hydrogen-bond acceptors (Lipinski definition) is 1. The van der Waals surface area contributed by atoms with Crippen molar-refractivity contribution in [1.29, 1.82) is 0 Å². The Kier molecular flexibility index (Phi) is 5.41. The lowest BCUT2D eigenvalue weighted by molar-refractivity contribution is 0.841. The maximum Gasteiger partial charge on any atom is -0.00365 e. The Balaban J connectivity index is 2.97. The van der Waals surface area contributed by atoms with E-state index in [9.17, 15) is 0 Å². The monoisotopic (exact) mass is 205 g/mol. The van der Waals surface area contributed by atoms with Gasteiger partial charge in [-0.05, 0) is 42.5 Å². The van der Waals surface area contributed by atoms with Gasteiger partial charge in [0.15, 0.2) is 0 Å². The smallest absolute Gasteiger partial charge is 0.00365 e. The average Bonchev–Trinajstić information content (AvgIpc) is 2.23. The van der Waals surface area contributed by atoms with Gasteiger partial charge in [0, 0.05) is 0 Å². The standard InChI is InChI=1S/C14H23N/c1-3-6-12-8-5-9-13(7-4-2)14(12)10-11-15/h5,8-9H,3-4,6-7,10-11,15H2,1-2H3. The van der Waals surface area contributed by atoms with Crippen LogP contribution in [0, 0.1) is 0 Å². The molecular weight excluding hydrogens is 182 g/mol. The molecule has 15 heavy (non-hydrogen) atoms. The van der Waals surface area contributed by atoms with Crippen molar-refractivity contribution in [3.8, 4) is 0 Å². The molecule has 0 spiro atoms. The van der Waals surface area contributed by atoms with Gasteiger partial charge in [0.2, 0.25) is 0 Å². The Morgan fingerprint density at radius 3 is 1.87 bits per heavy atom. The van der Waals surface area contributed by atoms with Crippen LogP contribution in [0.25, 0.3) is 0 Å². The fourth-order valence-electron chi connectivity index (χ4n) is 2.16. The van der Waals surface area contributed by atoms with Gasteiger partial charge in [-0.25, -0.2) is 0 Å². The van der Waals surface area contributed by atoms with E-state index >= 15 is 0 Å². The molecule has 0 saturated heterocycles. The lowest BCUT2D eigenvalue weighted by atomic mass is 9.93. The molecule has 0 saturated carbocycles. The minimum absolute atomic E-state index is 0.761. The summed E-state index contributed by atoms with van der Waals surface area (Å²) in [5.74, 6) is 0. The summed E-state index contributed by atoms with van der Waals surface area (Å²) in [5, 5.41) is 0. The van der Waals surface area contributed by atoms with E-state index in [4.69, 9.17) is 5.73 Å². The molecule has 0 aliphatic heterocycles. The van der Waals surface area contributed by atoms with Crippen LogP contribution in [-0.4, -0.2) is 6.54 Å². The lowest BCUT2D eigenvalue weighted by Crippen LogP contribution is -2.08. The highest BCUT2D eigenvalue weighted by atomic mass is 14.5. The minimum atomic E-state index is 0.761. The molecule has 0 aliphatic carbocycles. The van der Waals surface area contributed by atoms with Gasteiger partial charge < -0.3 is 5.73 Å². The molecule has 0 atom stereocenters. The zero-order valence-electron chi connectivity index (χ0n) is 10.1. The Labute approximate surface area is 93.7 Å². The van der Waals surface area contributed by atoms with Gasteiger partial charge in [0.05, 0.1) is 0 Å². The third-order valence-electron chi connectivity index (χ3n) is 2.80. The van der Waals surface area contributed by atoms with Gasteiger partial charge in [-0.15, -0.1) is 0 Å². The van der Waals surface area contributed by atoms with Crippen molar-refractivity contribution in [1.82, 2.24) is 0 Å². The number of aryl methyl sites for hydroxylation is 2. The van der Waals surface area contributed by atoms with Gasteiger partial charge in [0.25, 0.3) is 0 Å². The molecule has 0 amide bonds. The van der Waals surface area contributed by atoms with Crippen molar-refractivity contribution in [2.75, 3.05) is 6.54 Å². The van der Waals surface area contributed by atoms with Crippen LogP contribution in [-0.2, 0) is 19.3 Å². The van der Waals surface area contributed by atoms with Crippen LogP contribution in [0.4, 0.5) is 0 Å². The van der Waals surface area contributed by atoms with E-state index in [0.717, 1.165) is 13.0 Å². The second kappa shape index (κ2) is 6.62. The van der Waals surface area contributed by atoms with E-state index in [2.05, 4.69) is 32.0 Å². The van der Waals surface area contributed by atoms with E-state index in [1.54, 1.807) is 0 Å². The summed E-state index contributed by atoms with van der Waals surface area (Å²) in [6.07, 6.45) is 5.84. The normalized spacial score (nSPS) is 10.6. The summed E-state index contributed by atoms with van der Waals surface area (Å²) in [7, 11) is 0. The Hall–Kier alpha value is -0.820. The summed E-state index contributed by atoms with van der Waals surface area (Å²) < 4.78 is 0. The molecule has 0 bridgehead atoms. The van der Waals surface area contributed by atoms with Crippen molar-refractivity contribution in [3.05, 3.63) is 34.9 Å². The third-order valence-corrected chi connectivity index (χ3v) is 2.80. The molecule has 2 N–H and O–H groups in total. The lowest BCUT2D eigenvalue weighted by Gasteiger charge is -2.13. The van der Waals surface area contributed by atoms with Crippen LogP contribution in [0.5, 0.6) is 0 Å². The molecular formula is C14H23N. The van der Waals surface area contributed by atoms with E-state index in [0.29, 0.717) is 0 Å². The molecule has 1 aromatic carbocycles. The number of benzene rings is 1. The second-order valence-electron chi connectivity index (χ2n) is 4.09. The van der Waals surface area contributed by atoms with Gasteiger partial charge in [-0.2, -0.15) is 0 Å². The largest absolute Gasteiger partial charge is 0.330 e. The molecule has 0 aromatic heterocycles. The molecule has 0 aliphatic rings. The predicted octanol–water partition coefficient (Wildman–Crippen LogP) is 3.09. The summed E-state index contributed by atoms with van der Waals surface area (Å²) in [6.45, 7) is 5.23. The molecule has 0 radical (unpaired) electrons. The molecule has 1 rings (SSSR count). The van der Waals surface area contributed by atoms with Gasteiger partial charge in [-0.1, -0.05) is 44.9 Å². The molecule has 84 valence electrons. The Bertz CT molecular complexity index is 267. The van der Waals surface area contributed by atoms with Crippen molar-refractivity contribution in [2.24, 2.45) is 5.73 Å². The van der Waals surface area contributed by atoms with Gasteiger partial charge in [-0.3, -0.25) is 0 Å². The van der Waals surface area contributed by atoms with Crippen LogP contribution in [0.1, 0.15) is 43.4 Å². The Morgan fingerprint density at radius 1 is 0.933 bits per heavy atom. The first-order valence-corrected chi connectivity index (χ1v) is 6.13. The summed E-state index contributed by atoms with van der Waals surface area (Å²) in [6, 6.07) is 6.71. The van der Waals surface area contributed by atoms with Crippen molar-refractivity contribution in [3.63, 3.8) is 0 Å². The molecule has 1 nitrogen and oxygen atoms in total. The first kappa shape index (κ1) is 12.3. The maximum atomic E-state index is 5.69. The summed E-state index contributed by atoms with van der Waals surface area (Å²) >= 11 is 0. The highest BCUT2D eigenvalue weighted by Gasteiger charge is 2.06. The maximum absolute atomic E-state index is 5.69. The fourth-order valence-corrected chi connectivity index (χ4v) is 2.16. The topological polar surface area (TPSA) is 26.0 Å². The summed E-state index contributed by atoms with van der Waals surface area (Å²) in [5.41, 5.74) is 10.2. The van der Waals surface area contributed by atoms with Crippen molar-refractivity contribution >= 4 is 0 Å². The quantitative estimate of drug-likeness (QED) is 0.759. The van der Waals surface area contributed by atoms with Crippen LogP contribution in [0.15, 0.2) is 18.2 Å². The van der Waals surface area contributed by atoms with E-state index in [1.165, 1.54) is 42.4 Å². The molecule has 1 aromatic rings. The van der Waals surface area contributed by atoms with Crippen LogP contribution in [0.2, 0.25) is 0 Å².